The van der Waals surface area contributed by atoms with Crippen LogP contribution in [0.5, 0.6) is 0 Å². The van der Waals surface area contributed by atoms with Crippen LogP contribution in [-0.4, -0.2) is 24.9 Å². The highest BCUT2D eigenvalue weighted by atomic mass is 127. The monoisotopic (exact) mass is 364 g/mol. The summed E-state index contributed by atoms with van der Waals surface area (Å²) < 4.78 is 6.40. The van der Waals surface area contributed by atoms with Gasteiger partial charge in [0.2, 0.25) is 0 Å². The van der Waals surface area contributed by atoms with Crippen molar-refractivity contribution in [2.45, 2.75) is 13.3 Å². The first kappa shape index (κ1) is 14.7. The summed E-state index contributed by atoms with van der Waals surface area (Å²) in [7, 11) is 0. The molecule has 0 bridgehead atoms. The molecule has 0 aliphatic heterocycles. The van der Waals surface area contributed by atoms with Crippen LogP contribution in [-0.2, 0) is 4.74 Å². The fourth-order valence-electron chi connectivity index (χ4n) is 1.25. The molecule has 0 unspecified atom stereocenters. The smallest absolute Gasteiger partial charge is 0.170 e. The molecule has 0 saturated heterocycles. The van der Waals surface area contributed by atoms with Crippen molar-refractivity contribution in [1.29, 1.82) is 0 Å². The molecule has 0 spiro atoms. The van der Waals surface area contributed by atoms with E-state index in [9.17, 15) is 0 Å². The molecule has 3 nitrogen and oxygen atoms in total. The van der Waals surface area contributed by atoms with Crippen molar-refractivity contribution in [3.63, 3.8) is 0 Å². The maximum atomic E-state index is 5.25. The minimum atomic E-state index is 0.658. The largest absolute Gasteiger partial charge is 0.382 e. The van der Waals surface area contributed by atoms with E-state index in [0.717, 1.165) is 35.4 Å². The van der Waals surface area contributed by atoms with Gasteiger partial charge in [0.25, 0.3) is 0 Å². The van der Waals surface area contributed by atoms with Crippen molar-refractivity contribution < 1.29 is 4.74 Å². The van der Waals surface area contributed by atoms with Gasteiger partial charge in [-0.1, -0.05) is 12.1 Å². The number of nitrogens with one attached hydrogen (secondary N) is 2. The Morgan fingerprint density at radius 1 is 1.41 bits per heavy atom. The minimum absolute atomic E-state index is 0.658. The van der Waals surface area contributed by atoms with Crippen molar-refractivity contribution in [3.05, 3.63) is 27.8 Å². The van der Waals surface area contributed by atoms with Crippen molar-refractivity contribution in [2.75, 3.05) is 25.1 Å². The zero-order valence-electron chi connectivity index (χ0n) is 9.83. The highest BCUT2D eigenvalue weighted by molar-refractivity contribution is 14.1. The molecule has 1 aromatic carbocycles. The van der Waals surface area contributed by atoms with E-state index in [1.807, 2.05) is 31.2 Å². The molecule has 0 aromatic heterocycles. The van der Waals surface area contributed by atoms with Gasteiger partial charge in [-0.25, -0.2) is 0 Å². The Bertz CT molecular complexity index is 360. The molecule has 0 aliphatic carbocycles. The number of hydrogen-bond donors (Lipinski definition) is 2. The van der Waals surface area contributed by atoms with Gasteiger partial charge < -0.3 is 15.4 Å². The third kappa shape index (κ3) is 6.18. The molecule has 0 saturated carbocycles. The van der Waals surface area contributed by atoms with Gasteiger partial charge in [0, 0.05) is 23.3 Å². The minimum Gasteiger partial charge on any atom is -0.382 e. The van der Waals surface area contributed by atoms with Gasteiger partial charge >= 0.3 is 0 Å². The normalized spacial score (nSPS) is 10.0. The maximum absolute atomic E-state index is 5.25. The van der Waals surface area contributed by atoms with Crippen molar-refractivity contribution in [1.82, 2.24) is 5.32 Å². The number of para-hydroxylation sites is 1. The van der Waals surface area contributed by atoms with Crippen LogP contribution in [0.3, 0.4) is 0 Å². The Labute approximate surface area is 121 Å². The summed E-state index contributed by atoms with van der Waals surface area (Å²) in [6.07, 6.45) is 0.960. The lowest BCUT2D eigenvalue weighted by Crippen LogP contribution is -2.30. The number of thiocarbonyl (C=S) groups is 1. The zero-order valence-corrected chi connectivity index (χ0v) is 12.8. The summed E-state index contributed by atoms with van der Waals surface area (Å²) in [4.78, 5) is 0. The average Bonchev–Trinajstić information content (AvgIpc) is 2.32. The molecule has 1 rings (SSSR count). The number of benzene rings is 1. The maximum Gasteiger partial charge on any atom is 0.170 e. The molecule has 94 valence electrons. The first-order valence-corrected chi connectivity index (χ1v) is 7.10. The van der Waals surface area contributed by atoms with Crippen LogP contribution in [0.2, 0.25) is 0 Å². The van der Waals surface area contributed by atoms with Crippen LogP contribution in [0.4, 0.5) is 5.69 Å². The van der Waals surface area contributed by atoms with E-state index < -0.39 is 0 Å². The van der Waals surface area contributed by atoms with E-state index in [0.29, 0.717) is 5.11 Å². The van der Waals surface area contributed by atoms with Crippen molar-refractivity contribution >= 4 is 45.6 Å². The van der Waals surface area contributed by atoms with Gasteiger partial charge in [-0.05, 0) is 60.3 Å². The zero-order chi connectivity index (χ0) is 12.5. The summed E-state index contributed by atoms with van der Waals surface area (Å²) >= 11 is 7.49. The molecule has 0 radical (unpaired) electrons. The predicted molar refractivity (Wildman–Crippen MR) is 84.5 cm³/mol. The Morgan fingerprint density at radius 2 is 2.18 bits per heavy atom. The lowest BCUT2D eigenvalue weighted by molar-refractivity contribution is 0.146. The Morgan fingerprint density at radius 3 is 2.88 bits per heavy atom. The lowest BCUT2D eigenvalue weighted by atomic mass is 10.3. The fourth-order valence-corrected chi connectivity index (χ4v) is 1.98. The molecule has 17 heavy (non-hydrogen) atoms. The Balaban J connectivity index is 2.23. The van der Waals surface area contributed by atoms with E-state index in [4.69, 9.17) is 17.0 Å². The second-order valence-electron chi connectivity index (χ2n) is 3.41. The summed E-state index contributed by atoms with van der Waals surface area (Å²) in [5, 5.41) is 6.99. The van der Waals surface area contributed by atoms with Crippen LogP contribution in [0, 0.1) is 3.57 Å². The van der Waals surface area contributed by atoms with Crippen LogP contribution in [0.25, 0.3) is 0 Å². The standard InChI is InChI=1S/C12H17IN2OS/c1-2-16-9-5-8-14-12(17)15-11-7-4-3-6-10(11)13/h3-4,6-7H,2,5,8-9H2,1H3,(H2,14,15,17). The summed E-state index contributed by atoms with van der Waals surface area (Å²) in [6, 6.07) is 8.05. The second-order valence-corrected chi connectivity index (χ2v) is 4.98. The molecule has 2 N–H and O–H groups in total. The summed E-state index contributed by atoms with van der Waals surface area (Å²) in [5.41, 5.74) is 1.04. The van der Waals surface area contributed by atoms with Gasteiger partial charge in [0.05, 0.1) is 5.69 Å². The lowest BCUT2D eigenvalue weighted by Gasteiger charge is -2.11. The average molecular weight is 364 g/mol. The predicted octanol–water partition coefficient (Wildman–Crippen LogP) is 3.00. The second kappa shape index (κ2) is 8.66. The topological polar surface area (TPSA) is 33.3 Å². The molecule has 0 heterocycles. The molecule has 0 amide bonds. The number of hydrogen-bond acceptors (Lipinski definition) is 2. The highest BCUT2D eigenvalue weighted by Crippen LogP contribution is 2.16. The summed E-state index contributed by atoms with van der Waals surface area (Å²) in [6.45, 7) is 4.37. The van der Waals surface area contributed by atoms with E-state index in [1.54, 1.807) is 0 Å². The highest BCUT2D eigenvalue weighted by Gasteiger charge is 2.00. The SMILES string of the molecule is CCOCCCNC(=S)Nc1ccccc1I. The Hall–Kier alpha value is -0.400. The summed E-state index contributed by atoms with van der Waals surface area (Å²) in [5.74, 6) is 0. The van der Waals surface area contributed by atoms with Crippen LogP contribution in [0.1, 0.15) is 13.3 Å². The molecule has 0 fully saturated rings. The fraction of sp³-hybridized carbons (Fsp3) is 0.417. The quantitative estimate of drug-likeness (QED) is 0.462. The van der Waals surface area contributed by atoms with Gasteiger partial charge in [-0.2, -0.15) is 0 Å². The molecule has 0 aliphatic rings. The van der Waals surface area contributed by atoms with Crippen LogP contribution >= 0.6 is 34.8 Å². The molecular formula is C12H17IN2OS. The first-order chi connectivity index (χ1) is 8.24. The van der Waals surface area contributed by atoms with Gasteiger partial charge in [-0.15, -0.1) is 0 Å². The van der Waals surface area contributed by atoms with Crippen molar-refractivity contribution in [3.8, 4) is 0 Å². The van der Waals surface area contributed by atoms with E-state index in [1.165, 1.54) is 0 Å². The van der Waals surface area contributed by atoms with Gasteiger partial charge in [0.15, 0.2) is 5.11 Å². The first-order valence-electron chi connectivity index (χ1n) is 5.61. The van der Waals surface area contributed by atoms with E-state index >= 15 is 0 Å². The van der Waals surface area contributed by atoms with Crippen LogP contribution < -0.4 is 10.6 Å². The van der Waals surface area contributed by atoms with Gasteiger partial charge in [0.1, 0.15) is 0 Å². The van der Waals surface area contributed by atoms with E-state index in [-0.39, 0.29) is 0 Å². The van der Waals surface area contributed by atoms with Gasteiger partial charge in [-0.3, -0.25) is 0 Å². The number of anilines is 1. The molecule has 0 atom stereocenters. The van der Waals surface area contributed by atoms with Crippen LogP contribution in [0.15, 0.2) is 24.3 Å². The third-order valence-electron chi connectivity index (χ3n) is 2.08. The number of ether oxygens (including phenoxy) is 1. The number of halogens is 1. The Kier molecular flexibility index (Phi) is 7.46. The van der Waals surface area contributed by atoms with E-state index in [2.05, 4.69) is 33.2 Å². The molecular weight excluding hydrogens is 347 g/mol. The molecule has 5 heteroatoms. The third-order valence-corrected chi connectivity index (χ3v) is 3.26. The number of rotatable bonds is 6. The van der Waals surface area contributed by atoms with Crippen molar-refractivity contribution in [2.24, 2.45) is 0 Å². The molecule has 1 aromatic rings.